The average molecular weight is 179 g/mol. The second-order valence-corrected chi connectivity index (χ2v) is 3.15. The molecular formula is C12H7N2. The maximum absolute atomic E-state index is 4.22. The Morgan fingerprint density at radius 3 is 2.93 bits per heavy atom. The van der Waals surface area contributed by atoms with Crippen molar-refractivity contribution in [1.29, 1.82) is 0 Å². The molecule has 2 heteroatoms. The summed E-state index contributed by atoms with van der Waals surface area (Å²) in [4.78, 5) is 8.44. The molecule has 0 bridgehead atoms. The highest BCUT2D eigenvalue weighted by atomic mass is 14.8. The van der Waals surface area contributed by atoms with Gasteiger partial charge in [-0.15, -0.1) is 0 Å². The van der Waals surface area contributed by atoms with E-state index < -0.39 is 0 Å². The summed E-state index contributed by atoms with van der Waals surface area (Å²) < 4.78 is 0. The van der Waals surface area contributed by atoms with Crippen LogP contribution in [0.5, 0.6) is 0 Å². The Balaban J connectivity index is 2.61. The number of rotatable bonds is 0. The van der Waals surface area contributed by atoms with Crippen LogP contribution in [-0.2, 0) is 0 Å². The van der Waals surface area contributed by atoms with Crippen LogP contribution in [0.4, 0.5) is 0 Å². The van der Waals surface area contributed by atoms with Crippen LogP contribution in [0.1, 0.15) is 0 Å². The molecule has 0 N–H and O–H groups in total. The normalized spacial score (nSPS) is 10.9. The van der Waals surface area contributed by atoms with Gasteiger partial charge in [0.2, 0.25) is 0 Å². The van der Waals surface area contributed by atoms with Crippen molar-refractivity contribution in [1.82, 2.24) is 9.97 Å². The largest absolute Gasteiger partial charge is 0.252 e. The van der Waals surface area contributed by atoms with E-state index in [1.54, 1.807) is 6.20 Å². The second-order valence-electron chi connectivity index (χ2n) is 3.15. The number of nitrogens with zero attached hydrogens (tertiary/aromatic N) is 2. The third-order valence-corrected chi connectivity index (χ3v) is 2.32. The maximum Gasteiger partial charge on any atom is 0.109 e. The quantitative estimate of drug-likeness (QED) is 0.496. The van der Waals surface area contributed by atoms with Gasteiger partial charge in [-0.1, -0.05) is 30.3 Å². The first-order valence-electron chi connectivity index (χ1n) is 4.46. The van der Waals surface area contributed by atoms with Gasteiger partial charge in [0.15, 0.2) is 0 Å². The predicted molar refractivity (Wildman–Crippen MR) is 55.9 cm³/mol. The first-order chi connectivity index (χ1) is 6.95. The zero-order chi connectivity index (χ0) is 9.38. The molecule has 0 saturated heterocycles. The van der Waals surface area contributed by atoms with E-state index in [2.05, 4.69) is 34.4 Å². The van der Waals surface area contributed by atoms with E-state index in [1.807, 2.05) is 18.2 Å². The lowest BCUT2D eigenvalue weighted by Gasteiger charge is -2.00. The number of aromatic nitrogens is 2. The van der Waals surface area contributed by atoms with Gasteiger partial charge in [0.1, 0.15) is 6.20 Å². The first kappa shape index (κ1) is 7.44. The Morgan fingerprint density at radius 1 is 1.00 bits per heavy atom. The third kappa shape index (κ3) is 0.973. The molecule has 0 saturated carbocycles. The summed E-state index contributed by atoms with van der Waals surface area (Å²) in [6, 6.07) is 12.2. The molecule has 2 aromatic carbocycles. The van der Waals surface area contributed by atoms with Crippen molar-refractivity contribution in [2.24, 2.45) is 0 Å². The van der Waals surface area contributed by atoms with Crippen molar-refractivity contribution in [3.63, 3.8) is 0 Å². The molecule has 0 aliphatic heterocycles. The van der Waals surface area contributed by atoms with Crippen LogP contribution < -0.4 is 0 Å². The molecule has 1 radical (unpaired) electrons. The Hall–Kier alpha value is -1.96. The van der Waals surface area contributed by atoms with Crippen LogP contribution in [0.15, 0.2) is 42.6 Å². The van der Waals surface area contributed by atoms with Crippen molar-refractivity contribution in [2.75, 3.05) is 0 Å². The molecule has 0 fully saturated rings. The van der Waals surface area contributed by atoms with Gasteiger partial charge in [-0.25, -0.2) is 4.98 Å². The lowest BCUT2D eigenvalue weighted by Crippen LogP contribution is -1.83. The minimum Gasteiger partial charge on any atom is -0.252 e. The van der Waals surface area contributed by atoms with E-state index in [-0.39, 0.29) is 0 Å². The summed E-state index contributed by atoms with van der Waals surface area (Å²) in [6.07, 6.45) is 4.36. The minimum absolute atomic E-state index is 0.919. The third-order valence-electron chi connectivity index (χ3n) is 2.32. The molecule has 0 atom stereocenters. The van der Waals surface area contributed by atoms with E-state index in [0.717, 1.165) is 16.4 Å². The van der Waals surface area contributed by atoms with Crippen molar-refractivity contribution in [3.05, 3.63) is 48.8 Å². The molecule has 1 aromatic heterocycles. The molecule has 0 aliphatic carbocycles. The Morgan fingerprint density at radius 2 is 1.93 bits per heavy atom. The van der Waals surface area contributed by atoms with Gasteiger partial charge in [0.05, 0.1) is 17.2 Å². The molecule has 0 aliphatic rings. The van der Waals surface area contributed by atoms with E-state index in [0.29, 0.717) is 0 Å². The summed E-state index contributed by atoms with van der Waals surface area (Å²) in [5.74, 6) is 0. The van der Waals surface area contributed by atoms with Gasteiger partial charge in [-0.05, 0) is 11.5 Å². The van der Waals surface area contributed by atoms with Crippen LogP contribution in [0.25, 0.3) is 21.8 Å². The highest BCUT2D eigenvalue weighted by molar-refractivity contribution is 6.03. The van der Waals surface area contributed by atoms with Gasteiger partial charge in [0.25, 0.3) is 0 Å². The van der Waals surface area contributed by atoms with E-state index in [9.17, 15) is 0 Å². The van der Waals surface area contributed by atoms with Crippen molar-refractivity contribution >= 4 is 21.8 Å². The highest BCUT2D eigenvalue weighted by Gasteiger charge is 1.99. The standard InChI is InChI=1S/C12H7N2/c1-2-4-10-9(3-1)5-6-11-12(10)14-8-7-13-11/h1-7H. The number of hydrogen-bond acceptors (Lipinski definition) is 2. The lowest BCUT2D eigenvalue weighted by molar-refractivity contribution is 1.29. The first-order valence-corrected chi connectivity index (χ1v) is 4.46. The van der Waals surface area contributed by atoms with E-state index >= 15 is 0 Å². The highest BCUT2D eigenvalue weighted by Crippen LogP contribution is 2.21. The van der Waals surface area contributed by atoms with Crippen LogP contribution in [-0.4, -0.2) is 9.97 Å². The monoisotopic (exact) mass is 179 g/mol. The molecule has 3 rings (SSSR count). The van der Waals surface area contributed by atoms with Crippen molar-refractivity contribution in [2.45, 2.75) is 0 Å². The van der Waals surface area contributed by atoms with Gasteiger partial charge >= 0.3 is 0 Å². The SMILES string of the molecule is [c]1cnc2ccc3ccccc3c2n1. The summed E-state index contributed by atoms with van der Waals surface area (Å²) in [5, 5.41) is 2.32. The second kappa shape index (κ2) is 2.77. The minimum atomic E-state index is 0.919. The summed E-state index contributed by atoms with van der Waals surface area (Å²) >= 11 is 0. The molecular weight excluding hydrogens is 172 g/mol. The van der Waals surface area contributed by atoms with Gasteiger partial charge in [0, 0.05) is 5.39 Å². The summed E-state index contributed by atoms with van der Waals surface area (Å²) in [6.45, 7) is 0. The van der Waals surface area contributed by atoms with E-state index in [1.165, 1.54) is 5.39 Å². The van der Waals surface area contributed by atoms with Crippen molar-refractivity contribution in [3.8, 4) is 0 Å². The van der Waals surface area contributed by atoms with Crippen LogP contribution >= 0.6 is 0 Å². The average Bonchev–Trinajstić information content (AvgIpc) is 2.29. The fourth-order valence-electron chi connectivity index (χ4n) is 1.66. The Labute approximate surface area is 81.2 Å². The van der Waals surface area contributed by atoms with Crippen LogP contribution in [0, 0.1) is 6.20 Å². The van der Waals surface area contributed by atoms with Gasteiger partial charge < -0.3 is 0 Å². The fraction of sp³-hybridized carbons (Fsp3) is 0. The molecule has 0 amide bonds. The molecule has 14 heavy (non-hydrogen) atoms. The lowest BCUT2D eigenvalue weighted by atomic mass is 10.1. The zero-order valence-electron chi connectivity index (χ0n) is 7.44. The Kier molecular flexibility index (Phi) is 1.47. The molecule has 0 unspecified atom stereocenters. The molecule has 1 heterocycles. The fourth-order valence-corrected chi connectivity index (χ4v) is 1.66. The molecule has 65 valence electrons. The number of fused-ring (bicyclic) bond motifs is 3. The Bertz CT molecular complexity index is 547. The maximum atomic E-state index is 4.22. The van der Waals surface area contributed by atoms with Crippen LogP contribution in [0.2, 0.25) is 0 Å². The van der Waals surface area contributed by atoms with E-state index in [4.69, 9.17) is 0 Å². The summed E-state index contributed by atoms with van der Waals surface area (Å²) in [7, 11) is 0. The predicted octanol–water partition coefficient (Wildman–Crippen LogP) is 2.58. The molecule has 2 nitrogen and oxygen atoms in total. The van der Waals surface area contributed by atoms with Gasteiger partial charge in [-0.2, -0.15) is 0 Å². The zero-order valence-corrected chi connectivity index (χ0v) is 7.44. The van der Waals surface area contributed by atoms with Crippen molar-refractivity contribution < 1.29 is 0 Å². The van der Waals surface area contributed by atoms with Crippen LogP contribution in [0.3, 0.4) is 0 Å². The summed E-state index contributed by atoms with van der Waals surface area (Å²) in [5.41, 5.74) is 1.84. The molecule has 3 aromatic rings. The number of hydrogen-bond donors (Lipinski definition) is 0. The van der Waals surface area contributed by atoms with Gasteiger partial charge in [-0.3, -0.25) is 4.98 Å². The topological polar surface area (TPSA) is 25.8 Å². The smallest absolute Gasteiger partial charge is 0.109 e. The number of benzene rings is 2. The molecule has 0 spiro atoms.